The summed E-state index contributed by atoms with van der Waals surface area (Å²) in [5.41, 5.74) is 6.46. The number of hydrogen-bond donors (Lipinski definition) is 0. The van der Waals surface area contributed by atoms with Gasteiger partial charge < -0.3 is 4.74 Å². The highest BCUT2D eigenvalue weighted by molar-refractivity contribution is 5.72. The molecule has 1 heteroatoms. The average Bonchev–Trinajstić information content (AvgIpc) is 2.61. The molecule has 2 aromatic rings. The van der Waals surface area contributed by atoms with Gasteiger partial charge in [0.25, 0.3) is 0 Å². The van der Waals surface area contributed by atoms with Crippen molar-refractivity contribution in [3.8, 4) is 5.75 Å². The van der Waals surface area contributed by atoms with Crippen LogP contribution in [0.5, 0.6) is 5.75 Å². The molecule has 128 valence electrons. The first-order valence-electron chi connectivity index (χ1n) is 9.15. The van der Waals surface area contributed by atoms with Crippen molar-refractivity contribution in [2.75, 3.05) is 6.61 Å². The molecule has 0 amide bonds. The fraction of sp³-hybridized carbons (Fsp3) is 0.391. The highest BCUT2D eigenvalue weighted by atomic mass is 16.5. The normalized spacial score (nSPS) is 11.2. The van der Waals surface area contributed by atoms with Crippen LogP contribution in [0.4, 0.5) is 0 Å². The lowest BCUT2D eigenvalue weighted by atomic mass is 10.0. The average molecular weight is 322 g/mol. The molecule has 2 rings (SSSR count). The lowest BCUT2D eigenvalue weighted by molar-refractivity contribution is 0.315. The molecule has 0 aliphatic carbocycles. The zero-order valence-corrected chi connectivity index (χ0v) is 15.6. The van der Waals surface area contributed by atoms with Gasteiger partial charge in [0.15, 0.2) is 0 Å². The van der Waals surface area contributed by atoms with Crippen LogP contribution in [-0.4, -0.2) is 6.61 Å². The summed E-state index contributed by atoms with van der Waals surface area (Å²) in [6, 6.07) is 13.2. The fourth-order valence-corrected chi connectivity index (χ4v) is 2.73. The van der Waals surface area contributed by atoms with E-state index in [9.17, 15) is 0 Å². The Hall–Kier alpha value is -2.02. The van der Waals surface area contributed by atoms with E-state index in [-0.39, 0.29) is 0 Å². The third-order valence-corrected chi connectivity index (χ3v) is 4.50. The van der Waals surface area contributed by atoms with E-state index in [2.05, 4.69) is 76.2 Å². The first-order chi connectivity index (χ1) is 11.7. The Morgan fingerprint density at radius 2 is 1.58 bits per heavy atom. The van der Waals surface area contributed by atoms with E-state index in [1.54, 1.807) is 0 Å². The molecule has 0 N–H and O–H groups in total. The highest BCUT2D eigenvalue weighted by Crippen LogP contribution is 2.25. The minimum atomic E-state index is 0.778. The molecule has 0 unspecified atom stereocenters. The van der Waals surface area contributed by atoms with Crippen molar-refractivity contribution < 1.29 is 4.74 Å². The van der Waals surface area contributed by atoms with Crippen LogP contribution in [0.1, 0.15) is 60.9 Å². The molecule has 0 fully saturated rings. The summed E-state index contributed by atoms with van der Waals surface area (Å²) in [7, 11) is 0. The van der Waals surface area contributed by atoms with E-state index >= 15 is 0 Å². The SMILES string of the molecule is CCCCc1ccc(C=Cc2ccc(OCCC)c(C)c2C)cc1. The molecule has 1 nitrogen and oxygen atoms in total. The van der Waals surface area contributed by atoms with E-state index in [0.717, 1.165) is 18.8 Å². The number of benzene rings is 2. The van der Waals surface area contributed by atoms with Gasteiger partial charge in [0, 0.05) is 0 Å². The van der Waals surface area contributed by atoms with Gasteiger partial charge in [0.05, 0.1) is 6.61 Å². The summed E-state index contributed by atoms with van der Waals surface area (Å²) >= 11 is 0. The van der Waals surface area contributed by atoms with Gasteiger partial charge in [-0.05, 0) is 67.0 Å². The summed E-state index contributed by atoms with van der Waals surface area (Å²) in [4.78, 5) is 0. The monoisotopic (exact) mass is 322 g/mol. The van der Waals surface area contributed by atoms with E-state index < -0.39 is 0 Å². The minimum Gasteiger partial charge on any atom is -0.493 e. The Morgan fingerprint density at radius 3 is 2.25 bits per heavy atom. The van der Waals surface area contributed by atoms with Crippen LogP contribution >= 0.6 is 0 Å². The number of rotatable bonds is 8. The predicted octanol–water partition coefficient (Wildman–Crippen LogP) is 6.61. The van der Waals surface area contributed by atoms with Gasteiger partial charge in [-0.3, -0.25) is 0 Å². The lowest BCUT2D eigenvalue weighted by Gasteiger charge is -2.12. The van der Waals surface area contributed by atoms with Crippen molar-refractivity contribution in [2.45, 2.75) is 53.4 Å². The highest BCUT2D eigenvalue weighted by Gasteiger charge is 2.05. The molecule has 0 aliphatic heterocycles. The maximum atomic E-state index is 5.81. The smallest absolute Gasteiger partial charge is 0.122 e. The summed E-state index contributed by atoms with van der Waals surface area (Å²) in [5, 5.41) is 0. The molecular weight excluding hydrogens is 292 g/mol. The van der Waals surface area contributed by atoms with Crippen molar-refractivity contribution in [2.24, 2.45) is 0 Å². The summed E-state index contributed by atoms with van der Waals surface area (Å²) < 4.78 is 5.81. The van der Waals surface area contributed by atoms with Gasteiger partial charge in [-0.2, -0.15) is 0 Å². The minimum absolute atomic E-state index is 0.778. The Morgan fingerprint density at radius 1 is 0.833 bits per heavy atom. The summed E-state index contributed by atoms with van der Waals surface area (Å²) in [6.07, 6.45) is 9.12. The molecule has 0 aliphatic rings. The van der Waals surface area contributed by atoms with Crippen LogP contribution in [0, 0.1) is 13.8 Å². The van der Waals surface area contributed by atoms with Gasteiger partial charge in [-0.1, -0.05) is 62.8 Å². The maximum Gasteiger partial charge on any atom is 0.122 e. The second-order valence-corrected chi connectivity index (χ2v) is 6.43. The molecule has 0 aromatic heterocycles. The lowest BCUT2D eigenvalue weighted by Crippen LogP contribution is -1.99. The third-order valence-electron chi connectivity index (χ3n) is 4.50. The van der Waals surface area contributed by atoms with Crippen LogP contribution in [0.15, 0.2) is 36.4 Å². The molecule has 0 radical (unpaired) electrons. The summed E-state index contributed by atoms with van der Waals surface area (Å²) in [5.74, 6) is 1.01. The van der Waals surface area contributed by atoms with Gasteiger partial charge in [-0.25, -0.2) is 0 Å². The standard InChI is InChI=1S/C23H30O/c1-5-7-8-20-9-11-21(12-10-20)13-14-22-15-16-23(24-17-6-2)19(4)18(22)3/h9-16H,5-8,17H2,1-4H3. The van der Waals surface area contributed by atoms with Crippen molar-refractivity contribution in [1.29, 1.82) is 0 Å². The van der Waals surface area contributed by atoms with Gasteiger partial charge in [0.2, 0.25) is 0 Å². The van der Waals surface area contributed by atoms with Crippen LogP contribution < -0.4 is 4.74 Å². The third kappa shape index (κ3) is 4.99. The predicted molar refractivity (Wildman–Crippen MR) is 106 cm³/mol. The van der Waals surface area contributed by atoms with E-state index in [1.807, 2.05) is 0 Å². The van der Waals surface area contributed by atoms with Crippen molar-refractivity contribution in [3.63, 3.8) is 0 Å². The van der Waals surface area contributed by atoms with Gasteiger partial charge >= 0.3 is 0 Å². The van der Waals surface area contributed by atoms with Gasteiger partial charge in [0.1, 0.15) is 5.75 Å². The van der Waals surface area contributed by atoms with Crippen LogP contribution in [0.2, 0.25) is 0 Å². The molecule has 2 aromatic carbocycles. The number of hydrogen-bond acceptors (Lipinski definition) is 1. The Bertz CT molecular complexity index is 665. The number of aryl methyl sites for hydroxylation is 1. The first-order valence-corrected chi connectivity index (χ1v) is 9.15. The van der Waals surface area contributed by atoms with E-state index in [4.69, 9.17) is 4.74 Å². The quantitative estimate of drug-likeness (QED) is 0.497. The fourth-order valence-electron chi connectivity index (χ4n) is 2.73. The molecule has 0 bridgehead atoms. The molecule has 24 heavy (non-hydrogen) atoms. The zero-order valence-electron chi connectivity index (χ0n) is 15.6. The molecular formula is C23H30O. The number of ether oxygens (including phenoxy) is 1. The largest absolute Gasteiger partial charge is 0.493 e. The van der Waals surface area contributed by atoms with Crippen LogP contribution in [0.3, 0.4) is 0 Å². The number of unbranched alkanes of at least 4 members (excludes halogenated alkanes) is 1. The summed E-state index contributed by atoms with van der Waals surface area (Å²) in [6.45, 7) is 9.45. The molecule has 0 saturated heterocycles. The topological polar surface area (TPSA) is 9.23 Å². The van der Waals surface area contributed by atoms with Crippen molar-refractivity contribution >= 4 is 12.2 Å². The van der Waals surface area contributed by atoms with E-state index in [1.165, 1.54) is 47.1 Å². The first kappa shape index (κ1) is 18.3. The Kier molecular flexibility index (Phi) is 7.11. The van der Waals surface area contributed by atoms with Gasteiger partial charge in [-0.15, -0.1) is 0 Å². The second kappa shape index (κ2) is 9.32. The zero-order chi connectivity index (χ0) is 17.4. The van der Waals surface area contributed by atoms with Crippen LogP contribution in [0.25, 0.3) is 12.2 Å². The molecule has 0 spiro atoms. The molecule has 0 saturated carbocycles. The van der Waals surface area contributed by atoms with E-state index in [0.29, 0.717) is 0 Å². The molecule has 0 heterocycles. The van der Waals surface area contributed by atoms with Crippen molar-refractivity contribution in [3.05, 3.63) is 64.2 Å². The van der Waals surface area contributed by atoms with Crippen molar-refractivity contribution in [1.82, 2.24) is 0 Å². The second-order valence-electron chi connectivity index (χ2n) is 6.43. The Balaban J connectivity index is 2.09. The van der Waals surface area contributed by atoms with Crippen LogP contribution in [-0.2, 0) is 6.42 Å². The Labute approximate surface area is 147 Å². The maximum absolute atomic E-state index is 5.81. The molecule has 0 atom stereocenters.